The normalized spacial score (nSPS) is 13.4. The first-order chi connectivity index (χ1) is 13.7. The Bertz CT molecular complexity index is 858. The molecule has 3 rings (SSSR count). The summed E-state index contributed by atoms with van der Waals surface area (Å²) in [4.78, 5) is 13.7. The van der Waals surface area contributed by atoms with E-state index in [9.17, 15) is 4.79 Å². The summed E-state index contributed by atoms with van der Waals surface area (Å²) in [5.41, 5.74) is 3.47. The summed E-state index contributed by atoms with van der Waals surface area (Å²) < 4.78 is 6.37. The molecule has 1 heterocycles. The zero-order valence-electron chi connectivity index (χ0n) is 17.1. The number of carbonyl (C=O) groups is 1. The third kappa shape index (κ3) is 7.65. The van der Waals surface area contributed by atoms with Gasteiger partial charge in [-0.3, -0.25) is 0 Å². The maximum absolute atomic E-state index is 12.0. The van der Waals surface area contributed by atoms with Crippen LogP contribution in [0.3, 0.4) is 0 Å². The number of aliphatic hydroxyl groups excluding tert-OH is 2. The second-order valence-electron chi connectivity index (χ2n) is 7.74. The van der Waals surface area contributed by atoms with Crippen LogP contribution in [0.2, 0.25) is 0 Å². The van der Waals surface area contributed by atoms with E-state index in [0.717, 1.165) is 26.7 Å². The first-order valence-electron chi connectivity index (χ1n) is 9.44. The van der Waals surface area contributed by atoms with Gasteiger partial charge >= 0.3 is 6.09 Å². The van der Waals surface area contributed by atoms with Crippen molar-refractivity contribution in [2.45, 2.75) is 39.6 Å². The first-order valence-corrected chi connectivity index (χ1v) is 10.2. The Kier molecular flexibility index (Phi) is 8.44. The number of ether oxygens (including phenoxy) is 1. The molecule has 5 nitrogen and oxygen atoms in total. The maximum Gasteiger partial charge on any atom is 0.410 e. The Morgan fingerprint density at radius 1 is 1.07 bits per heavy atom. The van der Waals surface area contributed by atoms with Gasteiger partial charge in [-0.25, -0.2) is 4.79 Å². The number of halogens is 1. The van der Waals surface area contributed by atoms with Crippen molar-refractivity contribution in [1.82, 2.24) is 4.90 Å². The summed E-state index contributed by atoms with van der Waals surface area (Å²) in [6.45, 7) is 6.83. The predicted molar refractivity (Wildman–Crippen MR) is 118 cm³/mol. The summed E-state index contributed by atoms with van der Waals surface area (Å²) >= 11 is 3.29. The number of aliphatic hydroxyl groups is 2. The first kappa shape index (κ1) is 23.1. The van der Waals surface area contributed by atoms with Crippen LogP contribution in [0.4, 0.5) is 4.79 Å². The molecule has 6 heteroatoms. The minimum absolute atomic E-state index is 0.0247. The fraction of sp³-hybridized carbons (Fsp3) is 0.348. The molecule has 1 aliphatic heterocycles. The molecule has 156 valence electrons. The molecule has 0 aromatic heterocycles. The molecule has 0 fully saturated rings. The zero-order valence-corrected chi connectivity index (χ0v) is 18.6. The molecule has 0 bridgehead atoms. The molecule has 29 heavy (non-hydrogen) atoms. The molecular weight excluding hydrogens is 434 g/mol. The van der Waals surface area contributed by atoms with E-state index in [2.05, 4.69) is 15.9 Å². The third-order valence-corrected chi connectivity index (χ3v) is 4.62. The fourth-order valence-corrected chi connectivity index (χ4v) is 3.18. The lowest BCUT2D eigenvalue weighted by Gasteiger charge is -2.24. The van der Waals surface area contributed by atoms with E-state index in [-0.39, 0.29) is 19.3 Å². The topological polar surface area (TPSA) is 70.0 Å². The Balaban J connectivity index is 0.000000278. The molecule has 0 aliphatic carbocycles. The molecule has 0 saturated carbocycles. The van der Waals surface area contributed by atoms with E-state index in [1.807, 2.05) is 75.4 Å². The number of amides is 1. The Morgan fingerprint density at radius 2 is 1.69 bits per heavy atom. The van der Waals surface area contributed by atoms with Gasteiger partial charge in [0.1, 0.15) is 5.60 Å². The second-order valence-corrected chi connectivity index (χ2v) is 8.65. The zero-order chi connectivity index (χ0) is 21.4. The summed E-state index contributed by atoms with van der Waals surface area (Å²) in [6, 6.07) is 15.3. The van der Waals surface area contributed by atoms with Gasteiger partial charge < -0.3 is 19.8 Å². The highest BCUT2D eigenvalue weighted by molar-refractivity contribution is 9.10. The lowest BCUT2D eigenvalue weighted by Crippen LogP contribution is -2.35. The van der Waals surface area contributed by atoms with Crippen molar-refractivity contribution in [2.24, 2.45) is 0 Å². The van der Waals surface area contributed by atoms with Crippen LogP contribution in [-0.4, -0.2) is 39.9 Å². The number of rotatable bonds is 3. The van der Waals surface area contributed by atoms with Gasteiger partial charge in [0, 0.05) is 17.6 Å². The van der Waals surface area contributed by atoms with Crippen LogP contribution in [0.15, 0.2) is 59.1 Å². The van der Waals surface area contributed by atoms with Gasteiger partial charge in [0.15, 0.2) is 0 Å². The average Bonchev–Trinajstić information content (AvgIpc) is 3.18. The van der Waals surface area contributed by atoms with Crippen LogP contribution in [0.25, 0.3) is 5.57 Å². The molecule has 1 aliphatic rings. The van der Waals surface area contributed by atoms with Gasteiger partial charge in [0.05, 0.1) is 13.2 Å². The van der Waals surface area contributed by atoms with Gasteiger partial charge in [0.2, 0.25) is 0 Å². The van der Waals surface area contributed by atoms with Crippen molar-refractivity contribution in [1.29, 1.82) is 0 Å². The monoisotopic (exact) mass is 461 g/mol. The molecule has 2 aromatic carbocycles. The SMILES string of the molecule is CC(C)(C)OC(=O)N1CC=C(c2cccc(CO)c2)C1.OCc1cccc(Br)c1. The molecule has 0 spiro atoms. The molecule has 0 saturated heterocycles. The van der Waals surface area contributed by atoms with E-state index >= 15 is 0 Å². The standard InChI is InChI=1S/C16H21NO3.C7H7BrO/c1-16(2,3)20-15(19)17-8-7-14(10-17)13-6-4-5-12(9-13)11-18;8-7-3-1-2-6(4-7)5-9/h4-7,9,18H,8,10-11H2,1-3H3;1-4,9H,5H2. The Morgan fingerprint density at radius 3 is 2.24 bits per heavy atom. The lowest BCUT2D eigenvalue weighted by atomic mass is 10.0. The van der Waals surface area contributed by atoms with Crippen LogP contribution >= 0.6 is 15.9 Å². The number of hydrogen-bond acceptors (Lipinski definition) is 4. The second kappa shape index (κ2) is 10.6. The largest absolute Gasteiger partial charge is 0.444 e. The number of nitrogens with zero attached hydrogens (tertiary/aromatic N) is 1. The lowest BCUT2D eigenvalue weighted by molar-refractivity contribution is 0.0306. The van der Waals surface area contributed by atoms with E-state index in [1.54, 1.807) is 4.90 Å². The molecule has 2 N–H and O–H groups in total. The molecular formula is C23H28BrNO4. The van der Waals surface area contributed by atoms with E-state index < -0.39 is 5.60 Å². The Hall–Kier alpha value is -2.15. The fourth-order valence-electron chi connectivity index (χ4n) is 2.73. The highest BCUT2D eigenvalue weighted by Gasteiger charge is 2.25. The van der Waals surface area contributed by atoms with Crippen LogP contribution in [0.1, 0.15) is 37.5 Å². The van der Waals surface area contributed by atoms with Crippen LogP contribution in [0.5, 0.6) is 0 Å². The average molecular weight is 462 g/mol. The number of hydrogen-bond donors (Lipinski definition) is 2. The molecule has 0 unspecified atom stereocenters. The Labute approximate surface area is 180 Å². The van der Waals surface area contributed by atoms with Gasteiger partial charge in [-0.2, -0.15) is 0 Å². The van der Waals surface area contributed by atoms with Crippen molar-refractivity contribution < 1.29 is 19.7 Å². The van der Waals surface area contributed by atoms with Crippen molar-refractivity contribution >= 4 is 27.6 Å². The van der Waals surface area contributed by atoms with E-state index in [4.69, 9.17) is 14.9 Å². The predicted octanol–water partition coefficient (Wildman–Crippen LogP) is 4.75. The van der Waals surface area contributed by atoms with Crippen LogP contribution < -0.4 is 0 Å². The van der Waals surface area contributed by atoms with Crippen molar-refractivity contribution in [3.8, 4) is 0 Å². The molecule has 0 radical (unpaired) electrons. The smallest absolute Gasteiger partial charge is 0.410 e. The van der Waals surface area contributed by atoms with Crippen LogP contribution in [0, 0.1) is 0 Å². The minimum Gasteiger partial charge on any atom is -0.444 e. The van der Waals surface area contributed by atoms with Crippen molar-refractivity contribution in [3.05, 3.63) is 75.8 Å². The van der Waals surface area contributed by atoms with E-state index in [0.29, 0.717) is 13.1 Å². The summed E-state index contributed by atoms with van der Waals surface area (Å²) in [5.74, 6) is 0. The summed E-state index contributed by atoms with van der Waals surface area (Å²) in [7, 11) is 0. The molecule has 0 atom stereocenters. The van der Waals surface area contributed by atoms with Gasteiger partial charge in [0.25, 0.3) is 0 Å². The quantitative estimate of drug-likeness (QED) is 0.691. The van der Waals surface area contributed by atoms with Crippen molar-refractivity contribution in [2.75, 3.05) is 13.1 Å². The van der Waals surface area contributed by atoms with Crippen molar-refractivity contribution in [3.63, 3.8) is 0 Å². The number of benzene rings is 2. The van der Waals surface area contributed by atoms with Gasteiger partial charge in [-0.05, 0) is 61.2 Å². The maximum atomic E-state index is 12.0. The molecule has 2 aromatic rings. The van der Waals surface area contributed by atoms with Gasteiger partial charge in [-0.1, -0.05) is 52.3 Å². The third-order valence-electron chi connectivity index (χ3n) is 4.12. The molecule has 1 amide bonds. The van der Waals surface area contributed by atoms with Gasteiger partial charge in [-0.15, -0.1) is 0 Å². The number of carbonyl (C=O) groups excluding carboxylic acids is 1. The van der Waals surface area contributed by atoms with E-state index in [1.165, 1.54) is 0 Å². The van der Waals surface area contributed by atoms with Crippen LogP contribution in [-0.2, 0) is 18.0 Å². The summed E-state index contributed by atoms with van der Waals surface area (Å²) in [6.07, 6.45) is 1.74. The highest BCUT2D eigenvalue weighted by Crippen LogP contribution is 2.23. The minimum atomic E-state index is -0.476. The highest BCUT2D eigenvalue weighted by atomic mass is 79.9. The summed E-state index contributed by atoms with van der Waals surface area (Å²) in [5, 5.41) is 17.8.